The molecule has 0 aromatic carbocycles. The molecule has 0 unspecified atom stereocenters. The maximum Gasteiger partial charge on any atom is 0.423 e. The van der Waals surface area contributed by atoms with E-state index >= 15 is 0 Å². The summed E-state index contributed by atoms with van der Waals surface area (Å²) >= 11 is 0. The number of amides is 1. The molecule has 0 aromatic heterocycles. The fourth-order valence-electron chi connectivity index (χ4n) is 0.524. The second-order valence-electron chi connectivity index (χ2n) is 4.94. The number of carbonyl (C=O) groups excluding carboxylic acids is 1. The lowest BCUT2D eigenvalue weighted by Crippen LogP contribution is -2.44. The quantitative estimate of drug-likeness (QED) is 0.673. The van der Waals surface area contributed by atoms with Gasteiger partial charge in [0.2, 0.25) is 0 Å². The molecule has 0 saturated carbocycles. The van der Waals surface area contributed by atoms with Gasteiger partial charge in [-0.05, 0) is 41.5 Å². The highest BCUT2D eigenvalue weighted by Crippen LogP contribution is 2.06. The van der Waals surface area contributed by atoms with E-state index in [9.17, 15) is 4.79 Å². The molecule has 0 aliphatic rings. The van der Waals surface area contributed by atoms with Gasteiger partial charge in [0.1, 0.15) is 5.60 Å². The second-order valence-corrected chi connectivity index (χ2v) is 4.94. The Labute approximate surface area is 85.1 Å². The first kappa shape index (κ1) is 13.2. The number of hydrazine groups is 1. The van der Waals surface area contributed by atoms with Gasteiger partial charge in [0.05, 0.1) is 5.60 Å². The third-order valence-corrected chi connectivity index (χ3v) is 0.909. The number of ether oxygens (including phenoxy) is 1. The Hall–Kier alpha value is -0.810. The van der Waals surface area contributed by atoms with Crippen LogP contribution in [0.4, 0.5) is 4.79 Å². The first-order chi connectivity index (χ1) is 6.10. The number of hydrogen-bond donors (Lipinski definition) is 2. The van der Waals surface area contributed by atoms with E-state index < -0.39 is 11.7 Å². The maximum absolute atomic E-state index is 11.1. The van der Waals surface area contributed by atoms with Crippen LogP contribution in [-0.2, 0) is 9.57 Å². The molecule has 0 spiro atoms. The largest absolute Gasteiger partial charge is 0.443 e. The zero-order valence-electron chi connectivity index (χ0n) is 9.72. The van der Waals surface area contributed by atoms with Crippen molar-refractivity contribution in [2.45, 2.75) is 52.7 Å². The van der Waals surface area contributed by atoms with Crippen molar-refractivity contribution in [3.63, 3.8) is 0 Å². The Kier molecular flexibility index (Phi) is 4.35. The molecule has 0 heterocycles. The predicted octanol–water partition coefficient (Wildman–Crippen LogP) is 1.75. The summed E-state index contributed by atoms with van der Waals surface area (Å²) in [5.41, 5.74) is 3.71. The second kappa shape index (κ2) is 4.61. The Balaban J connectivity index is 3.66. The van der Waals surface area contributed by atoms with E-state index in [2.05, 4.69) is 11.0 Å². The van der Waals surface area contributed by atoms with Crippen molar-refractivity contribution in [1.29, 1.82) is 0 Å². The summed E-state index contributed by atoms with van der Waals surface area (Å²) in [5, 5.41) is 0. The highest BCUT2D eigenvalue weighted by Gasteiger charge is 2.16. The summed E-state index contributed by atoms with van der Waals surface area (Å²) in [6.07, 6.45) is -0.568. The zero-order chi connectivity index (χ0) is 11.4. The third kappa shape index (κ3) is 9.28. The lowest BCUT2D eigenvalue weighted by molar-refractivity contribution is -0.0926. The molecule has 0 atom stereocenters. The standard InChI is InChI=1S/C9H20N2O3/c1-8(2,3)13-7(12)10-11-14-9(4,5)6/h11H,1-6H3,(H,10,12). The number of nitrogens with one attached hydrogen (secondary N) is 2. The van der Waals surface area contributed by atoms with Gasteiger partial charge in [-0.3, -0.25) is 4.84 Å². The lowest BCUT2D eigenvalue weighted by atomic mass is 10.2. The fourth-order valence-corrected chi connectivity index (χ4v) is 0.524. The molecule has 1 amide bonds. The molecule has 0 radical (unpaired) electrons. The molecule has 0 bridgehead atoms. The van der Waals surface area contributed by atoms with Gasteiger partial charge < -0.3 is 4.74 Å². The monoisotopic (exact) mass is 204 g/mol. The van der Waals surface area contributed by atoms with Crippen LogP contribution in [-0.4, -0.2) is 17.3 Å². The third-order valence-electron chi connectivity index (χ3n) is 0.909. The smallest absolute Gasteiger partial charge is 0.423 e. The first-order valence-electron chi connectivity index (χ1n) is 4.52. The molecule has 5 heteroatoms. The van der Waals surface area contributed by atoms with Crippen LogP contribution >= 0.6 is 0 Å². The Bertz CT molecular complexity index is 191. The van der Waals surface area contributed by atoms with Gasteiger partial charge in [0, 0.05) is 0 Å². The van der Waals surface area contributed by atoms with Crippen LogP contribution < -0.4 is 11.0 Å². The highest BCUT2D eigenvalue weighted by molar-refractivity contribution is 5.66. The molecule has 0 aromatic rings. The molecule has 0 aliphatic carbocycles. The minimum absolute atomic E-state index is 0.366. The average molecular weight is 204 g/mol. The van der Waals surface area contributed by atoms with E-state index in [-0.39, 0.29) is 5.60 Å². The van der Waals surface area contributed by atoms with Crippen LogP contribution in [0.1, 0.15) is 41.5 Å². The normalized spacial score (nSPS) is 12.4. The summed E-state index contributed by atoms with van der Waals surface area (Å²) in [6, 6.07) is 0. The van der Waals surface area contributed by atoms with E-state index in [1.165, 1.54) is 0 Å². The van der Waals surface area contributed by atoms with Crippen LogP contribution in [0, 0.1) is 0 Å². The van der Waals surface area contributed by atoms with Gasteiger partial charge in [-0.15, -0.1) is 5.59 Å². The number of carbonyl (C=O) groups is 1. The van der Waals surface area contributed by atoms with Crippen LogP contribution in [0.2, 0.25) is 0 Å². The average Bonchev–Trinajstić information content (AvgIpc) is 1.78. The van der Waals surface area contributed by atoms with Crippen molar-refractivity contribution < 1.29 is 14.4 Å². The van der Waals surface area contributed by atoms with E-state index in [0.29, 0.717) is 0 Å². The SMILES string of the molecule is CC(C)(C)ONNC(=O)OC(C)(C)C. The Morgan fingerprint density at radius 1 is 1.00 bits per heavy atom. The highest BCUT2D eigenvalue weighted by atomic mass is 16.7. The number of hydrogen-bond acceptors (Lipinski definition) is 4. The minimum Gasteiger partial charge on any atom is -0.443 e. The molecular weight excluding hydrogens is 184 g/mol. The van der Waals surface area contributed by atoms with Gasteiger partial charge in [0.15, 0.2) is 0 Å². The summed E-state index contributed by atoms with van der Waals surface area (Å²) in [5.74, 6) is 0. The number of rotatable bonds is 2. The summed E-state index contributed by atoms with van der Waals surface area (Å²) in [6.45, 7) is 10.9. The van der Waals surface area contributed by atoms with Gasteiger partial charge in [-0.2, -0.15) is 0 Å². The molecule has 84 valence electrons. The maximum atomic E-state index is 11.1. The molecule has 0 saturated heterocycles. The Morgan fingerprint density at radius 2 is 1.50 bits per heavy atom. The van der Waals surface area contributed by atoms with Crippen molar-refractivity contribution in [2.24, 2.45) is 0 Å². The topological polar surface area (TPSA) is 59.6 Å². The minimum atomic E-state index is -0.568. The molecule has 5 nitrogen and oxygen atoms in total. The van der Waals surface area contributed by atoms with E-state index in [1.54, 1.807) is 20.8 Å². The van der Waals surface area contributed by atoms with Crippen LogP contribution in [0.15, 0.2) is 0 Å². The van der Waals surface area contributed by atoms with Gasteiger partial charge in [-0.25, -0.2) is 10.2 Å². The molecular formula is C9H20N2O3. The van der Waals surface area contributed by atoms with Gasteiger partial charge in [0.25, 0.3) is 0 Å². The van der Waals surface area contributed by atoms with E-state index in [0.717, 1.165) is 0 Å². The van der Waals surface area contributed by atoms with Crippen molar-refractivity contribution in [3.8, 4) is 0 Å². The first-order valence-corrected chi connectivity index (χ1v) is 4.52. The van der Waals surface area contributed by atoms with Crippen LogP contribution in [0.3, 0.4) is 0 Å². The van der Waals surface area contributed by atoms with Crippen LogP contribution in [0.25, 0.3) is 0 Å². The lowest BCUT2D eigenvalue weighted by Gasteiger charge is -2.22. The molecule has 0 rings (SSSR count). The van der Waals surface area contributed by atoms with Crippen molar-refractivity contribution in [3.05, 3.63) is 0 Å². The predicted molar refractivity (Wildman–Crippen MR) is 53.3 cm³/mol. The van der Waals surface area contributed by atoms with E-state index in [1.807, 2.05) is 20.8 Å². The van der Waals surface area contributed by atoms with Gasteiger partial charge >= 0.3 is 6.09 Å². The summed E-state index contributed by atoms with van der Waals surface area (Å²) < 4.78 is 4.96. The van der Waals surface area contributed by atoms with Crippen LogP contribution in [0.5, 0.6) is 0 Å². The van der Waals surface area contributed by atoms with E-state index in [4.69, 9.17) is 9.57 Å². The zero-order valence-corrected chi connectivity index (χ0v) is 9.72. The van der Waals surface area contributed by atoms with Crippen molar-refractivity contribution >= 4 is 6.09 Å². The molecule has 0 fully saturated rings. The Morgan fingerprint density at radius 3 is 1.86 bits per heavy atom. The molecule has 14 heavy (non-hydrogen) atoms. The summed E-state index contributed by atoms with van der Waals surface area (Å²) in [4.78, 5) is 16.1. The van der Waals surface area contributed by atoms with Crippen molar-refractivity contribution in [2.75, 3.05) is 0 Å². The fraction of sp³-hybridized carbons (Fsp3) is 0.889. The van der Waals surface area contributed by atoms with Crippen molar-refractivity contribution in [1.82, 2.24) is 11.0 Å². The molecule has 2 N–H and O–H groups in total. The summed E-state index contributed by atoms with van der Waals surface area (Å²) in [7, 11) is 0. The molecule has 0 aliphatic heterocycles. The van der Waals surface area contributed by atoms with Gasteiger partial charge in [-0.1, -0.05) is 0 Å².